The van der Waals surface area contributed by atoms with Gasteiger partial charge in [0.2, 0.25) is 11.8 Å². The summed E-state index contributed by atoms with van der Waals surface area (Å²) in [6.45, 7) is 1.56. The Morgan fingerprint density at radius 1 is 1.35 bits per heavy atom. The van der Waals surface area contributed by atoms with Crippen molar-refractivity contribution in [3.63, 3.8) is 0 Å². The lowest BCUT2D eigenvalue weighted by molar-refractivity contribution is -0.141. The van der Waals surface area contributed by atoms with Gasteiger partial charge in [0.25, 0.3) is 0 Å². The first-order valence-corrected chi connectivity index (χ1v) is 6.82. The van der Waals surface area contributed by atoms with E-state index in [1.54, 1.807) is 9.80 Å². The third-order valence-electron chi connectivity index (χ3n) is 4.03. The third-order valence-corrected chi connectivity index (χ3v) is 4.03. The molecule has 1 unspecified atom stereocenters. The van der Waals surface area contributed by atoms with Crippen LogP contribution in [-0.4, -0.2) is 72.1 Å². The molecule has 0 aliphatic carbocycles. The maximum atomic E-state index is 11.9. The standard InChI is InChI=1S/C13H20N2O5/c1-20-8-12(17)14-4-2-10(3-5-14)15-7-9(13(18)19)6-11(15)16/h9-10H,2-8H2,1H3,(H,18,19). The van der Waals surface area contributed by atoms with Crippen molar-refractivity contribution in [2.75, 3.05) is 33.4 Å². The Morgan fingerprint density at radius 2 is 2.00 bits per heavy atom. The topological polar surface area (TPSA) is 87.2 Å². The van der Waals surface area contributed by atoms with Crippen LogP contribution in [0.15, 0.2) is 0 Å². The molecule has 2 heterocycles. The van der Waals surface area contributed by atoms with Gasteiger partial charge in [-0.05, 0) is 12.8 Å². The molecular weight excluding hydrogens is 264 g/mol. The number of methoxy groups -OCH3 is 1. The van der Waals surface area contributed by atoms with Gasteiger partial charge in [0, 0.05) is 39.2 Å². The number of ether oxygens (including phenoxy) is 1. The first-order chi connectivity index (χ1) is 9.52. The highest BCUT2D eigenvalue weighted by atomic mass is 16.5. The van der Waals surface area contributed by atoms with Crippen LogP contribution in [0.1, 0.15) is 19.3 Å². The number of carboxylic acids is 1. The van der Waals surface area contributed by atoms with Crippen LogP contribution >= 0.6 is 0 Å². The second-order valence-electron chi connectivity index (χ2n) is 5.33. The molecule has 2 fully saturated rings. The van der Waals surface area contributed by atoms with E-state index >= 15 is 0 Å². The van der Waals surface area contributed by atoms with Crippen molar-refractivity contribution in [2.45, 2.75) is 25.3 Å². The first kappa shape index (κ1) is 14.8. The van der Waals surface area contributed by atoms with Gasteiger partial charge < -0.3 is 19.6 Å². The Kier molecular flexibility index (Phi) is 4.59. The summed E-state index contributed by atoms with van der Waals surface area (Å²) in [6.07, 6.45) is 1.50. The molecule has 1 atom stereocenters. The largest absolute Gasteiger partial charge is 0.481 e. The van der Waals surface area contributed by atoms with Crippen LogP contribution in [0.3, 0.4) is 0 Å². The fourth-order valence-corrected chi connectivity index (χ4v) is 2.89. The molecule has 0 aromatic rings. The van der Waals surface area contributed by atoms with E-state index in [-0.39, 0.29) is 30.9 Å². The van der Waals surface area contributed by atoms with Crippen molar-refractivity contribution < 1.29 is 24.2 Å². The average molecular weight is 284 g/mol. The number of carbonyl (C=O) groups is 3. The van der Waals surface area contributed by atoms with E-state index in [0.717, 1.165) is 0 Å². The summed E-state index contributed by atoms with van der Waals surface area (Å²) in [5.41, 5.74) is 0. The molecule has 2 aliphatic heterocycles. The highest BCUT2D eigenvalue weighted by molar-refractivity contribution is 5.86. The Hall–Kier alpha value is -1.63. The molecule has 0 bridgehead atoms. The van der Waals surface area contributed by atoms with Crippen LogP contribution in [0.2, 0.25) is 0 Å². The average Bonchev–Trinajstić information content (AvgIpc) is 2.81. The van der Waals surface area contributed by atoms with E-state index in [0.29, 0.717) is 32.5 Å². The summed E-state index contributed by atoms with van der Waals surface area (Å²) in [6, 6.07) is 0.0541. The number of piperidine rings is 1. The number of carbonyl (C=O) groups excluding carboxylic acids is 2. The smallest absolute Gasteiger partial charge is 0.308 e. The molecule has 112 valence electrons. The van der Waals surface area contributed by atoms with E-state index in [1.165, 1.54) is 7.11 Å². The lowest BCUT2D eigenvalue weighted by atomic mass is 10.0. The summed E-state index contributed by atoms with van der Waals surface area (Å²) in [7, 11) is 1.49. The molecular formula is C13H20N2O5. The van der Waals surface area contributed by atoms with E-state index in [4.69, 9.17) is 9.84 Å². The first-order valence-electron chi connectivity index (χ1n) is 6.82. The predicted molar refractivity (Wildman–Crippen MR) is 68.9 cm³/mol. The van der Waals surface area contributed by atoms with Gasteiger partial charge in [0.1, 0.15) is 6.61 Å². The molecule has 0 spiro atoms. The molecule has 0 aromatic heterocycles. The van der Waals surface area contributed by atoms with Crippen LogP contribution in [-0.2, 0) is 19.1 Å². The Balaban J connectivity index is 1.86. The Bertz CT molecular complexity index is 404. The van der Waals surface area contributed by atoms with Gasteiger partial charge in [-0.3, -0.25) is 14.4 Å². The minimum absolute atomic E-state index is 0.0397. The molecule has 2 rings (SSSR count). The summed E-state index contributed by atoms with van der Waals surface area (Å²) in [5.74, 6) is -1.62. The minimum Gasteiger partial charge on any atom is -0.481 e. The number of nitrogens with zero attached hydrogens (tertiary/aromatic N) is 2. The van der Waals surface area contributed by atoms with Gasteiger partial charge >= 0.3 is 5.97 Å². The van der Waals surface area contributed by atoms with Gasteiger partial charge in [-0.1, -0.05) is 0 Å². The van der Waals surface area contributed by atoms with Gasteiger partial charge in [0.05, 0.1) is 5.92 Å². The summed E-state index contributed by atoms with van der Waals surface area (Å²) >= 11 is 0. The molecule has 2 aliphatic rings. The van der Waals surface area contributed by atoms with Crippen LogP contribution in [0.5, 0.6) is 0 Å². The number of carboxylic acid groups (broad SMARTS) is 1. The highest BCUT2D eigenvalue weighted by Gasteiger charge is 2.39. The van der Waals surface area contributed by atoms with Gasteiger partial charge in [-0.2, -0.15) is 0 Å². The second-order valence-corrected chi connectivity index (χ2v) is 5.33. The Labute approximate surface area is 117 Å². The summed E-state index contributed by atoms with van der Waals surface area (Å²) in [4.78, 5) is 37.9. The van der Waals surface area contributed by atoms with Crippen LogP contribution < -0.4 is 0 Å². The van der Waals surface area contributed by atoms with Crippen LogP contribution in [0.4, 0.5) is 0 Å². The van der Waals surface area contributed by atoms with Gasteiger partial charge in [-0.25, -0.2) is 0 Å². The van der Waals surface area contributed by atoms with Crippen molar-refractivity contribution >= 4 is 17.8 Å². The minimum atomic E-state index is -0.909. The van der Waals surface area contributed by atoms with Crippen molar-refractivity contribution in [1.29, 1.82) is 0 Å². The number of hydrogen-bond donors (Lipinski definition) is 1. The molecule has 0 saturated carbocycles. The van der Waals surface area contributed by atoms with Crippen molar-refractivity contribution in [3.8, 4) is 0 Å². The fourth-order valence-electron chi connectivity index (χ4n) is 2.89. The summed E-state index contributed by atoms with van der Waals surface area (Å²) in [5, 5.41) is 8.98. The van der Waals surface area contributed by atoms with E-state index < -0.39 is 11.9 Å². The molecule has 7 nitrogen and oxygen atoms in total. The van der Waals surface area contributed by atoms with Crippen LogP contribution in [0.25, 0.3) is 0 Å². The lowest BCUT2D eigenvalue weighted by Gasteiger charge is -2.36. The predicted octanol–water partition coefficient (Wildman–Crippen LogP) is -0.443. The molecule has 2 saturated heterocycles. The quantitative estimate of drug-likeness (QED) is 0.756. The number of likely N-dealkylation sites (tertiary alicyclic amines) is 2. The SMILES string of the molecule is COCC(=O)N1CCC(N2CC(C(=O)O)CC2=O)CC1. The lowest BCUT2D eigenvalue weighted by Crippen LogP contribution is -2.48. The van der Waals surface area contributed by atoms with E-state index in [9.17, 15) is 14.4 Å². The number of amides is 2. The number of aliphatic carboxylic acids is 1. The Morgan fingerprint density at radius 3 is 2.50 bits per heavy atom. The molecule has 2 amide bonds. The number of hydrogen-bond acceptors (Lipinski definition) is 4. The maximum Gasteiger partial charge on any atom is 0.308 e. The molecule has 0 radical (unpaired) electrons. The zero-order chi connectivity index (χ0) is 14.7. The van der Waals surface area contributed by atoms with Crippen molar-refractivity contribution in [2.24, 2.45) is 5.92 Å². The van der Waals surface area contributed by atoms with Gasteiger partial charge in [0.15, 0.2) is 0 Å². The monoisotopic (exact) mass is 284 g/mol. The normalized spacial score (nSPS) is 24.2. The third kappa shape index (κ3) is 3.09. The van der Waals surface area contributed by atoms with E-state index in [1.807, 2.05) is 0 Å². The van der Waals surface area contributed by atoms with Crippen molar-refractivity contribution in [1.82, 2.24) is 9.80 Å². The molecule has 1 N–H and O–H groups in total. The molecule has 0 aromatic carbocycles. The highest BCUT2D eigenvalue weighted by Crippen LogP contribution is 2.25. The van der Waals surface area contributed by atoms with Gasteiger partial charge in [-0.15, -0.1) is 0 Å². The van der Waals surface area contributed by atoms with Crippen LogP contribution in [0, 0.1) is 5.92 Å². The molecule has 20 heavy (non-hydrogen) atoms. The zero-order valence-corrected chi connectivity index (χ0v) is 11.6. The van der Waals surface area contributed by atoms with Crippen molar-refractivity contribution in [3.05, 3.63) is 0 Å². The summed E-state index contributed by atoms with van der Waals surface area (Å²) < 4.78 is 4.82. The zero-order valence-electron chi connectivity index (χ0n) is 11.6. The maximum absolute atomic E-state index is 11.9. The fraction of sp³-hybridized carbons (Fsp3) is 0.769. The van der Waals surface area contributed by atoms with E-state index in [2.05, 4.69) is 0 Å². The molecule has 7 heteroatoms. The second kappa shape index (κ2) is 6.21. The number of rotatable bonds is 4.